The van der Waals surface area contributed by atoms with E-state index >= 15 is 0 Å². The first kappa shape index (κ1) is 9.54. The fraction of sp³-hybridized carbons (Fsp3) is 0.100. The van der Waals surface area contributed by atoms with Crippen molar-refractivity contribution in [3.05, 3.63) is 46.1 Å². The molecule has 76 valence electrons. The molecule has 5 nitrogen and oxygen atoms in total. The van der Waals surface area contributed by atoms with Gasteiger partial charge in [0.05, 0.1) is 4.92 Å². The normalized spacial score (nSPS) is 10.5. The minimum absolute atomic E-state index is 0.0165. The summed E-state index contributed by atoms with van der Waals surface area (Å²) in [6.07, 6.45) is 1.54. The Hall–Kier alpha value is -2.01. The zero-order valence-electron chi connectivity index (χ0n) is 7.88. The molecule has 0 spiro atoms. The van der Waals surface area contributed by atoms with Gasteiger partial charge in [-0.25, -0.2) is 4.98 Å². The Labute approximate surface area is 85.7 Å². The number of nitrogens with zero attached hydrogens (tertiary/aromatic N) is 2. The van der Waals surface area contributed by atoms with Crippen molar-refractivity contribution in [2.24, 2.45) is 5.73 Å². The van der Waals surface area contributed by atoms with Gasteiger partial charge in [-0.2, -0.15) is 0 Å². The first-order valence-corrected chi connectivity index (χ1v) is 4.45. The van der Waals surface area contributed by atoms with Crippen molar-refractivity contribution in [1.82, 2.24) is 4.98 Å². The molecule has 0 fully saturated rings. The second-order valence-corrected chi connectivity index (χ2v) is 3.10. The standard InChI is InChI=1S/C10H9N3O2/c11-6-7-3-4-9(13(14)15)10-8(7)2-1-5-12-10/h1-5H,6,11H2. The SMILES string of the molecule is NCc1ccc([N+](=O)[O-])c2ncccc12. The number of nitro benzene ring substituents is 1. The summed E-state index contributed by atoms with van der Waals surface area (Å²) in [5.74, 6) is 0. The fourth-order valence-electron chi connectivity index (χ4n) is 1.54. The van der Waals surface area contributed by atoms with Crippen LogP contribution in [0.2, 0.25) is 0 Å². The van der Waals surface area contributed by atoms with E-state index in [4.69, 9.17) is 5.73 Å². The summed E-state index contributed by atoms with van der Waals surface area (Å²) in [6.45, 7) is 0.347. The predicted octanol–water partition coefficient (Wildman–Crippen LogP) is 1.60. The number of nitrogens with two attached hydrogens (primary N) is 1. The second kappa shape index (κ2) is 3.62. The van der Waals surface area contributed by atoms with Crippen molar-refractivity contribution in [2.75, 3.05) is 0 Å². The molecule has 2 aromatic rings. The van der Waals surface area contributed by atoms with Gasteiger partial charge in [-0.1, -0.05) is 12.1 Å². The predicted molar refractivity (Wildman–Crippen MR) is 56.3 cm³/mol. The van der Waals surface area contributed by atoms with Gasteiger partial charge in [-0.05, 0) is 11.6 Å². The van der Waals surface area contributed by atoms with E-state index in [1.807, 2.05) is 0 Å². The molecule has 1 aromatic heterocycles. The highest BCUT2D eigenvalue weighted by molar-refractivity contribution is 5.89. The van der Waals surface area contributed by atoms with Gasteiger partial charge in [0.1, 0.15) is 5.52 Å². The monoisotopic (exact) mass is 203 g/mol. The number of benzene rings is 1. The molecule has 0 radical (unpaired) electrons. The molecule has 1 aromatic carbocycles. The van der Waals surface area contributed by atoms with Crippen molar-refractivity contribution in [1.29, 1.82) is 0 Å². The molecule has 1 heterocycles. The zero-order valence-corrected chi connectivity index (χ0v) is 7.88. The lowest BCUT2D eigenvalue weighted by Gasteiger charge is -2.03. The topological polar surface area (TPSA) is 82.0 Å². The Morgan fingerprint density at radius 1 is 1.40 bits per heavy atom. The van der Waals surface area contributed by atoms with Gasteiger partial charge >= 0.3 is 0 Å². The van der Waals surface area contributed by atoms with Crippen molar-refractivity contribution in [2.45, 2.75) is 6.54 Å². The number of hydrogen-bond acceptors (Lipinski definition) is 4. The van der Waals surface area contributed by atoms with Crippen molar-refractivity contribution in [3.63, 3.8) is 0 Å². The van der Waals surface area contributed by atoms with Crippen molar-refractivity contribution < 1.29 is 4.92 Å². The smallest absolute Gasteiger partial charge is 0.295 e. The molecule has 0 bridgehead atoms. The highest BCUT2D eigenvalue weighted by Crippen LogP contribution is 2.25. The Balaban J connectivity index is 2.83. The molecule has 0 aliphatic heterocycles. The molecule has 0 aliphatic carbocycles. The highest BCUT2D eigenvalue weighted by Gasteiger charge is 2.14. The van der Waals surface area contributed by atoms with E-state index in [1.54, 1.807) is 18.2 Å². The van der Waals surface area contributed by atoms with Crippen LogP contribution >= 0.6 is 0 Å². The zero-order chi connectivity index (χ0) is 10.8. The summed E-state index contributed by atoms with van der Waals surface area (Å²) >= 11 is 0. The lowest BCUT2D eigenvalue weighted by molar-refractivity contribution is -0.383. The van der Waals surface area contributed by atoms with Crippen LogP contribution in [0.3, 0.4) is 0 Å². The molecule has 0 saturated heterocycles. The van der Waals surface area contributed by atoms with Gasteiger partial charge in [-0.3, -0.25) is 10.1 Å². The minimum Gasteiger partial charge on any atom is -0.326 e. The van der Waals surface area contributed by atoms with Crippen LogP contribution in [0, 0.1) is 10.1 Å². The minimum atomic E-state index is -0.435. The number of rotatable bonds is 2. The van der Waals surface area contributed by atoms with Gasteiger partial charge < -0.3 is 5.73 Å². The van der Waals surface area contributed by atoms with Crippen LogP contribution in [0.5, 0.6) is 0 Å². The third-order valence-electron chi connectivity index (χ3n) is 2.26. The highest BCUT2D eigenvalue weighted by atomic mass is 16.6. The van der Waals surface area contributed by atoms with E-state index < -0.39 is 4.92 Å². The van der Waals surface area contributed by atoms with Gasteiger partial charge in [0.15, 0.2) is 0 Å². The fourth-order valence-corrected chi connectivity index (χ4v) is 1.54. The maximum atomic E-state index is 10.7. The maximum Gasteiger partial charge on any atom is 0.295 e. The molecule has 2 N–H and O–H groups in total. The molecule has 0 unspecified atom stereocenters. The van der Waals surface area contributed by atoms with Gasteiger partial charge in [0.25, 0.3) is 5.69 Å². The molecule has 15 heavy (non-hydrogen) atoms. The molecule has 2 rings (SSSR count). The summed E-state index contributed by atoms with van der Waals surface area (Å²) in [5, 5.41) is 11.5. The first-order chi connectivity index (χ1) is 7.24. The van der Waals surface area contributed by atoms with Crippen LogP contribution in [0.25, 0.3) is 10.9 Å². The van der Waals surface area contributed by atoms with Crippen molar-refractivity contribution in [3.8, 4) is 0 Å². The van der Waals surface area contributed by atoms with E-state index in [-0.39, 0.29) is 5.69 Å². The van der Waals surface area contributed by atoms with E-state index in [0.717, 1.165) is 10.9 Å². The third kappa shape index (κ3) is 1.53. The number of aromatic nitrogens is 1. The summed E-state index contributed by atoms with van der Waals surface area (Å²) in [5.41, 5.74) is 6.82. The number of non-ortho nitro benzene ring substituents is 1. The molecule has 0 atom stereocenters. The number of fused-ring (bicyclic) bond motifs is 1. The van der Waals surface area contributed by atoms with Gasteiger partial charge in [0, 0.05) is 24.2 Å². The number of pyridine rings is 1. The average Bonchev–Trinajstić information content (AvgIpc) is 2.27. The van der Waals surface area contributed by atoms with E-state index in [1.165, 1.54) is 12.3 Å². The summed E-state index contributed by atoms with van der Waals surface area (Å²) in [4.78, 5) is 14.3. The van der Waals surface area contributed by atoms with Crippen LogP contribution in [0.4, 0.5) is 5.69 Å². The van der Waals surface area contributed by atoms with E-state index in [9.17, 15) is 10.1 Å². The molecular formula is C10H9N3O2. The van der Waals surface area contributed by atoms with Crippen LogP contribution in [0.1, 0.15) is 5.56 Å². The Kier molecular flexibility index (Phi) is 2.31. The molecule has 5 heteroatoms. The number of nitro groups is 1. The van der Waals surface area contributed by atoms with Crippen LogP contribution < -0.4 is 5.73 Å². The van der Waals surface area contributed by atoms with Crippen LogP contribution in [0.15, 0.2) is 30.5 Å². The largest absolute Gasteiger partial charge is 0.326 e. The van der Waals surface area contributed by atoms with E-state index in [0.29, 0.717) is 12.1 Å². The van der Waals surface area contributed by atoms with Crippen molar-refractivity contribution >= 4 is 16.6 Å². The van der Waals surface area contributed by atoms with Crippen LogP contribution in [-0.4, -0.2) is 9.91 Å². The summed E-state index contributed by atoms with van der Waals surface area (Å²) in [6, 6.07) is 6.64. The van der Waals surface area contributed by atoms with Gasteiger partial charge in [-0.15, -0.1) is 0 Å². The second-order valence-electron chi connectivity index (χ2n) is 3.10. The molecule has 0 saturated carbocycles. The van der Waals surface area contributed by atoms with E-state index in [2.05, 4.69) is 4.98 Å². The quantitative estimate of drug-likeness (QED) is 0.593. The Morgan fingerprint density at radius 3 is 2.87 bits per heavy atom. The molecular weight excluding hydrogens is 194 g/mol. The Morgan fingerprint density at radius 2 is 2.20 bits per heavy atom. The van der Waals surface area contributed by atoms with Gasteiger partial charge in [0.2, 0.25) is 0 Å². The maximum absolute atomic E-state index is 10.7. The average molecular weight is 203 g/mol. The summed E-state index contributed by atoms with van der Waals surface area (Å²) in [7, 11) is 0. The van der Waals surface area contributed by atoms with Crippen LogP contribution in [-0.2, 0) is 6.54 Å². The lowest BCUT2D eigenvalue weighted by atomic mass is 10.1. The molecule has 0 amide bonds. The Bertz CT molecular complexity index is 525. The number of hydrogen-bond donors (Lipinski definition) is 1. The lowest BCUT2D eigenvalue weighted by Crippen LogP contribution is -1.99. The summed E-state index contributed by atoms with van der Waals surface area (Å²) < 4.78 is 0. The first-order valence-electron chi connectivity index (χ1n) is 4.45. The third-order valence-corrected chi connectivity index (χ3v) is 2.26. The molecule has 0 aliphatic rings.